The number of hydrogen-bond donors (Lipinski definition) is 2. The minimum atomic E-state index is -3.55. The van der Waals surface area contributed by atoms with Gasteiger partial charge in [-0.1, -0.05) is 6.07 Å². The molecule has 0 spiro atoms. The van der Waals surface area contributed by atoms with Crippen molar-refractivity contribution in [1.82, 2.24) is 4.31 Å². The smallest absolute Gasteiger partial charge is 0.243 e. The lowest BCUT2D eigenvalue weighted by atomic mass is 10.0. The number of rotatable bonds is 4. The Morgan fingerprint density at radius 2 is 2.21 bits per heavy atom. The summed E-state index contributed by atoms with van der Waals surface area (Å²) in [6.07, 6.45) is 2.05. The Balaban J connectivity index is 2.36. The Labute approximate surface area is 114 Å². The van der Waals surface area contributed by atoms with Crippen LogP contribution < -0.4 is 5.32 Å². The van der Waals surface area contributed by atoms with Crippen molar-refractivity contribution in [1.29, 1.82) is 0 Å². The molecule has 0 saturated carbocycles. The number of benzene rings is 1. The Hall–Kier alpha value is -1.11. The van der Waals surface area contributed by atoms with Gasteiger partial charge in [-0.15, -0.1) is 0 Å². The van der Waals surface area contributed by atoms with Gasteiger partial charge < -0.3 is 10.4 Å². The van der Waals surface area contributed by atoms with E-state index < -0.39 is 16.1 Å². The van der Waals surface area contributed by atoms with Crippen LogP contribution in [0.5, 0.6) is 0 Å². The van der Waals surface area contributed by atoms with Crippen molar-refractivity contribution in [2.24, 2.45) is 0 Å². The summed E-state index contributed by atoms with van der Waals surface area (Å²) in [5, 5.41) is 12.3. The van der Waals surface area contributed by atoms with Crippen LogP contribution in [0.2, 0.25) is 0 Å². The molecule has 6 heteroatoms. The number of anilines is 1. The van der Waals surface area contributed by atoms with Crippen LogP contribution in [0, 0.1) is 0 Å². The van der Waals surface area contributed by atoms with E-state index in [9.17, 15) is 8.42 Å². The summed E-state index contributed by atoms with van der Waals surface area (Å²) >= 11 is 0. The Morgan fingerprint density at radius 1 is 1.47 bits per heavy atom. The number of aliphatic hydroxyl groups excluding tert-OH is 1. The van der Waals surface area contributed by atoms with Gasteiger partial charge in [0.25, 0.3) is 0 Å². The van der Waals surface area contributed by atoms with Crippen molar-refractivity contribution in [2.75, 3.05) is 25.5 Å². The third-order valence-corrected chi connectivity index (χ3v) is 5.55. The maximum Gasteiger partial charge on any atom is 0.243 e. The highest BCUT2D eigenvalue weighted by Crippen LogP contribution is 2.26. The largest absolute Gasteiger partial charge is 0.395 e. The van der Waals surface area contributed by atoms with E-state index in [0.29, 0.717) is 0 Å². The van der Waals surface area contributed by atoms with Crippen LogP contribution in [0.1, 0.15) is 18.9 Å². The summed E-state index contributed by atoms with van der Waals surface area (Å²) in [5.74, 6) is 0. The van der Waals surface area contributed by atoms with Gasteiger partial charge in [0.1, 0.15) is 0 Å². The molecule has 0 amide bonds. The Kier molecular flexibility index (Phi) is 4.13. The fourth-order valence-electron chi connectivity index (χ4n) is 2.12. The molecule has 1 aliphatic heterocycles. The average molecular weight is 284 g/mol. The molecule has 0 bridgehead atoms. The van der Waals surface area contributed by atoms with Crippen LogP contribution in [-0.4, -0.2) is 44.1 Å². The summed E-state index contributed by atoms with van der Waals surface area (Å²) in [7, 11) is -2.06. The highest BCUT2D eigenvalue weighted by Gasteiger charge is 2.25. The number of sulfonamides is 1. The van der Waals surface area contributed by atoms with Gasteiger partial charge in [0.05, 0.1) is 11.5 Å². The molecule has 1 atom stereocenters. The number of nitrogens with one attached hydrogen (secondary N) is 1. The summed E-state index contributed by atoms with van der Waals surface area (Å²) < 4.78 is 26.0. The van der Waals surface area contributed by atoms with Crippen molar-refractivity contribution < 1.29 is 13.5 Å². The molecule has 0 aliphatic carbocycles. The molecule has 2 rings (SSSR count). The van der Waals surface area contributed by atoms with E-state index in [-0.39, 0.29) is 11.5 Å². The third-order valence-electron chi connectivity index (χ3n) is 3.58. The topological polar surface area (TPSA) is 69.6 Å². The first-order valence-electron chi connectivity index (χ1n) is 6.42. The van der Waals surface area contributed by atoms with Crippen molar-refractivity contribution in [2.45, 2.75) is 30.7 Å². The quantitative estimate of drug-likeness (QED) is 0.867. The minimum absolute atomic E-state index is 0.196. The molecule has 0 saturated heterocycles. The summed E-state index contributed by atoms with van der Waals surface area (Å²) in [4.78, 5) is 0.267. The van der Waals surface area contributed by atoms with Gasteiger partial charge in [0.15, 0.2) is 0 Å². The first kappa shape index (κ1) is 14.3. The van der Waals surface area contributed by atoms with Crippen LogP contribution in [0.25, 0.3) is 0 Å². The van der Waals surface area contributed by atoms with Gasteiger partial charge in [0, 0.05) is 25.3 Å². The minimum Gasteiger partial charge on any atom is -0.395 e. The van der Waals surface area contributed by atoms with Gasteiger partial charge in [0.2, 0.25) is 10.0 Å². The van der Waals surface area contributed by atoms with E-state index in [2.05, 4.69) is 5.32 Å². The van der Waals surface area contributed by atoms with Gasteiger partial charge in [-0.2, -0.15) is 4.31 Å². The van der Waals surface area contributed by atoms with Gasteiger partial charge >= 0.3 is 0 Å². The molecule has 0 fully saturated rings. The molecular formula is C13H20N2O3S. The van der Waals surface area contributed by atoms with Crippen LogP contribution in [-0.2, 0) is 16.4 Å². The first-order chi connectivity index (χ1) is 8.96. The lowest BCUT2D eigenvalue weighted by Gasteiger charge is -2.24. The molecule has 1 heterocycles. The van der Waals surface area contributed by atoms with E-state index in [1.807, 2.05) is 6.07 Å². The number of aryl methyl sites for hydroxylation is 1. The number of fused-ring (bicyclic) bond motifs is 1. The molecule has 5 nitrogen and oxygen atoms in total. The molecule has 1 unspecified atom stereocenters. The SMILES string of the molecule is CC(CO)N(C)S(=O)(=O)c1ccc2c(c1)NCCC2. The maximum atomic E-state index is 12.4. The predicted octanol–water partition coefficient (Wildman–Crippen LogP) is 1.05. The number of nitrogens with zero attached hydrogens (tertiary/aromatic N) is 1. The van der Waals surface area contributed by atoms with E-state index >= 15 is 0 Å². The van der Waals surface area contributed by atoms with E-state index in [1.165, 1.54) is 11.4 Å². The summed E-state index contributed by atoms with van der Waals surface area (Å²) in [6, 6.07) is 4.76. The van der Waals surface area contributed by atoms with Crippen molar-refractivity contribution in [3.05, 3.63) is 23.8 Å². The molecule has 1 aliphatic rings. The lowest BCUT2D eigenvalue weighted by Crippen LogP contribution is -2.37. The van der Waals surface area contributed by atoms with E-state index in [0.717, 1.165) is 30.6 Å². The van der Waals surface area contributed by atoms with Crippen LogP contribution in [0.4, 0.5) is 5.69 Å². The second kappa shape index (κ2) is 5.48. The normalized spacial score (nSPS) is 16.8. The molecular weight excluding hydrogens is 264 g/mol. The van der Waals surface area contributed by atoms with Gasteiger partial charge in [-0.05, 0) is 37.5 Å². The first-order valence-corrected chi connectivity index (χ1v) is 7.86. The molecule has 0 aromatic heterocycles. The highest BCUT2D eigenvalue weighted by molar-refractivity contribution is 7.89. The predicted molar refractivity (Wildman–Crippen MR) is 74.7 cm³/mol. The number of likely N-dealkylation sites (N-methyl/N-ethyl adjacent to an activating group) is 1. The van der Waals surface area contributed by atoms with Gasteiger partial charge in [-0.3, -0.25) is 0 Å². The standard InChI is InChI=1S/C13H20N2O3S/c1-10(9-16)15(2)19(17,18)12-6-5-11-4-3-7-14-13(11)8-12/h5-6,8,10,14,16H,3-4,7,9H2,1-2H3. The molecule has 0 radical (unpaired) electrons. The third kappa shape index (κ3) is 2.75. The molecule has 106 valence electrons. The Morgan fingerprint density at radius 3 is 2.89 bits per heavy atom. The number of aliphatic hydroxyl groups is 1. The fourth-order valence-corrected chi connectivity index (χ4v) is 3.50. The fraction of sp³-hybridized carbons (Fsp3) is 0.538. The van der Waals surface area contributed by atoms with E-state index in [4.69, 9.17) is 5.11 Å². The molecule has 2 N–H and O–H groups in total. The summed E-state index contributed by atoms with van der Waals surface area (Å²) in [5.41, 5.74) is 2.06. The summed E-state index contributed by atoms with van der Waals surface area (Å²) in [6.45, 7) is 2.35. The molecule has 19 heavy (non-hydrogen) atoms. The second-order valence-corrected chi connectivity index (χ2v) is 6.90. The van der Waals surface area contributed by atoms with Crippen LogP contribution >= 0.6 is 0 Å². The van der Waals surface area contributed by atoms with Gasteiger partial charge in [-0.25, -0.2) is 8.42 Å². The molecule has 1 aromatic rings. The van der Waals surface area contributed by atoms with Crippen molar-refractivity contribution in [3.8, 4) is 0 Å². The van der Waals surface area contributed by atoms with Crippen molar-refractivity contribution >= 4 is 15.7 Å². The van der Waals surface area contributed by atoms with Crippen LogP contribution in [0.15, 0.2) is 23.1 Å². The lowest BCUT2D eigenvalue weighted by molar-refractivity contribution is 0.214. The second-order valence-electron chi connectivity index (χ2n) is 4.90. The number of hydrogen-bond acceptors (Lipinski definition) is 4. The average Bonchev–Trinajstić information content (AvgIpc) is 2.45. The van der Waals surface area contributed by atoms with Crippen LogP contribution in [0.3, 0.4) is 0 Å². The van der Waals surface area contributed by atoms with E-state index in [1.54, 1.807) is 19.1 Å². The van der Waals surface area contributed by atoms with Crippen molar-refractivity contribution in [3.63, 3.8) is 0 Å². The monoisotopic (exact) mass is 284 g/mol. The zero-order valence-corrected chi connectivity index (χ0v) is 12.1. The highest BCUT2D eigenvalue weighted by atomic mass is 32.2. The Bertz CT molecular complexity index is 557. The molecule has 1 aromatic carbocycles. The zero-order chi connectivity index (χ0) is 14.0. The zero-order valence-electron chi connectivity index (χ0n) is 11.3. The maximum absolute atomic E-state index is 12.4.